The Morgan fingerprint density at radius 2 is 1.77 bits per heavy atom. The molecule has 2 N–H and O–H groups in total. The van der Waals surface area contributed by atoms with Gasteiger partial charge in [0.05, 0.1) is 12.2 Å². The largest absolute Gasteiger partial charge is 0.393 e. The average Bonchev–Trinajstić information content (AvgIpc) is 2.77. The summed E-state index contributed by atoms with van der Waals surface area (Å²) in [7, 11) is 0. The van der Waals surface area contributed by atoms with Crippen LogP contribution in [0.5, 0.6) is 0 Å². The number of carbonyl (C=O) groups is 1. The summed E-state index contributed by atoms with van der Waals surface area (Å²) in [4.78, 5) is 12.4. The van der Waals surface area contributed by atoms with Gasteiger partial charge in [-0.3, -0.25) is 4.79 Å². The number of hydrogen-bond acceptors (Lipinski definition) is 3. The molecule has 22 heavy (non-hydrogen) atoms. The molecule has 4 saturated carbocycles. The Morgan fingerprint density at radius 1 is 1.00 bits per heavy atom. The predicted octanol–water partition coefficient (Wildman–Crippen LogP) is 2.93. The molecule has 4 fully saturated rings. The summed E-state index contributed by atoms with van der Waals surface area (Å²) in [6.07, 6.45) is 7.03. The van der Waals surface area contributed by atoms with Gasteiger partial charge in [0, 0.05) is 11.8 Å². The van der Waals surface area contributed by atoms with Crippen LogP contribution in [0.3, 0.4) is 0 Å². The summed E-state index contributed by atoms with van der Waals surface area (Å²) < 4.78 is 0. The Balaban J connectivity index is 1.69. The van der Waals surface area contributed by atoms with Crippen LogP contribution in [0, 0.1) is 34.5 Å². The normalized spacial score (nSPS) is 57.9. The fraction of sp³-hybridized carbons (Fsp3) is 0.947. The molecule has 2 unspecified atom stereocenters. The van der Waals surface area contributed by atoms with Crippen molar-refractivity contribution < 1.29 is 15.0 Å². The van der Waals surface area contributed by atoms with Gasteiger partial charge in [0.2, 0.25) is 0 Å². The van der Waals surface area contributed by atoms with Crippen LogP contribution < -0.4 is 0 Å². The van der Waals surface area contributed by atoms with E-state index in [-0.39, 0.29) is 23.0 Å². The van der Waals surface area contributed by atoms with Crippen LogP contribution in [0.25, 0.3) is 0 Å². The molecule has 4 rings (SSSR count). The van der Waals surface area contributed by atoms with E-state index in [1.54, 1.807) is 0 Å². The van der Waals surface area contributed by atoms with Gasteiger partial charge in [0.15, 0.2) is 0 Å². The van der Waals surface area contributed by atoms with Gasteiger partial charge >= 0.3 is 0 Å². The molecule has 0 aromatic rings. The molecule has 3 heteroatoms. The maximum Gasteiger partial charge on any atom is 0.139 e. The van der Waals surface area contributed by atoms with Crippen molar-refractivity contribution in [2.24, 2.45) is 34.5 Å². The monoisotopic (exact) mass is 306 g/mol. The first-order valence-corrected chi connectivity index (χ1v) is 9.25. The molecular weight excluding hydrogens is 276 g/mol. The highest BCUT2D eigenvalue weighted by Crippen LogP contribution is 2.65. The SMILES string of the molecule is C[C@]12CCC(O)C[C@H]1CC(O)[C@@H]1[C@@H]2CC[C@]2(C)C(=O)CC[C@@H]12. The molecule has 0 spiro atoms. The third-order valence-corrected chi connectivity index (χ3v) is 8.36. The van der Waals surface area contributed by atoms with Crippen molar-refractivity contribution in [3.8, 4) is 0 Å². The zero-order valence-electron chi connectivity index (χ0n) is 13.9. The van der Waals surface area contributed by atoms with Gasteiger partial charge < -0.3 is 10.2 Å². The Kier molecular flexibility index (Phi) is 3.30. The highest BCUT2D eigenvalue weighted by molar-refractivity contribution is 5.87. The van der Waals surface area contributed by atoms with E-state index in [0.29, 0.717) is 29.5 Å². The lowest BCUT2D eigenvalue weighted by molar-refractivity contribution is -0.171. The smallest absolute Gasteiger partial charge is 0.139 e. The number of carbonyl (C=O) groups excluding carboxylic acids is 1. The topological polar surface area (TPSA) is 57.5 Å². The molecule has 0 aromatic heterocycles. The van der Waals surface area contributed by atoms with E-state index in [0.717, 1.165) is 51.4 Å². The summed E-state index contributed by atoms with van der Waals surface area (Å²) in [5, 5.41) is 20.9. The van der Waals surface area contributed by atoms with Crippen LogP contribution in [0.15, 0.2) is 0 Å². The number of rotatable bonds is 0. The van der Waals surface area contributed by atoms with Gasteiger partial charge in [-0.15, -0.1) is 0 Å². The van der Waals surface area contributed by atoms with Gasteiger partial charge in [-0.1, -0.05) is 13.8 Å². The van der Waals surface area contributed by atoms with Crippen molar-refractivity contribution in [2.45, 2.75) is 77.4 Å². The molecule has 0 aliphatic heterocycles. The quantitative estimate of drug-likeness (QED) is 0.723. The molecule has 124 valence electrons. The van der Waals surface area contributed by atoms with Crippen molar-refractivity contribution in [3.63, 3.8) is 0 Å². The minimum Gasteiger partial charge on any atom is -0.393 e. The molecule has 0 heterocycles. The minimum absolute atomic E-state index is 0.167. The highest BCUT2D eigenvalue weighted by atomic mass is 16.3. The van der Waals surface area contributed by atoms with E-state index >= 15 is 0 Å². The number of aliphatic hydroxyl groups is 2. The summed E-state index contributed by atoms with van der Waals surface area (Å²) >= 11 is 0. The first kappa shape index (κ1) is 15.1. The van der Waals surface area contributed by atoms with E-state index in [1.807, 2.05) is 0 Å². The lowest BCUT2D eigenvalue weighted by atomic mass is 9.44. The van der Waals surface area contributed by atoms with Gasteiger partial charge in [-0.25, -0.2) is 0 Å². The zero-order valence-corrected chi connectivity index (χ0v) is 13.9. The third-order valence-electron chi connectivity index (χ3n) is 8.36. The molecule has 0 radical (unpaired) electrons. The molecule has 8 atom stereocenters. The van der Waals surface area contributed by atoms with Gasteiger partial charge in [0.25, 0.3) is 0 Å². The van der Waals surface area contributed by atoms with Crippen molar-refractivity contribution in [3.05, 3.63) is 0 Å². The van der Waals surface area contributed by atoms with E-state index in [1.165, 1.54) is 0 Å². The van der Waals surface area contributed by atoms with Crippen molar-refractivity contribution >= 4 is 5.78 Å². The lowest BCUT2D eigenvalue weighted by Crippen LogP contribution is -2.58. The van der Waals surface area contributed by atoms with E-state index in [9.17, 15) is 15.0 Å². The van der Waals surface area contributed by atoms with Crippen LogP contribution in [0.4, 0.5) is 0 Å². The standard InChI is InChI=1S/C19H30O3/c1-18-7-5-12(20)9-11(18)10-15(21)17-13-3-4-16(22)19(13,2)8-6-14(17)18/h11-15,17,20-21H,3-10H2,1-2H3/t11-,12?,13-,14-,15?,17-,18-,19-/m0/s1. The fourth-order valence-corrected chi connectivity index (χ4v) is 6.97. The molecule has 0 amide bonds. The molecule has 0 aromatic carbocycles. The first-order valence-electron chi connectivity index (χ1n) is 9.25. The second-order valence-electron chi connectivity index (χ2n) is 9.14. The predicted molar refractivity (Wildman–Crippen MR) is 84.1 cm³/mol. The van der Waals surface area contributed by atoms with Crippen LogP contribution >= 0.6 is 0 Å². The van der Waals surface area contributed by atoms with Crippen molar-refractivity contribution in [1.82, 2.24) is 0 Å². The summed E-state index contributed by atoms with van der Waals surface area (Å²) in [5.41, 5.74) is 0.0929. The molecule has 0 saturated heterocycles. The van der Waals surface area contributed by atoms with E-state index in [4.69, 9.17) is 0 Å². The average molecular weight is 306 g/mol. The Bertz CT molecular complexity index is 489. The first-order chi connectivity index (χ1) is 10.4. The van der Waals surface area contributed by atoms with E-state index < -0.39 is 0 Å². The van der Waals surface area contributed by atoms with Crippen LogP contribution in [-0.2, 0) is 4.79 Å². The Morgan fingerprint density at radius 3 is 2.55 bits per heavy atom. The minimum atomic E-state index is -0.274. The third kappa shape index (κ3) is 1.84. The van der Waals surface area contributed by atoms with Crippen molar-refractivity contribution in [1.29, 1.82) is 0 Å². The number of Topliss-reactive ketones (excluding diaryl/α,β-unsaturated/α-hetero) is 1. The summed E-state index contributed by atoms with van der Waals surface area (Å²) in [6, 6.07) is 0. The van der Waals surface area contributed by atoms with E-state index in [2.05, 4.69) is 13.8 Å². The number of aliphatic hydroxyl groups excluding tert-OH is 2. The number of fused-ring (bicyclic) bond motifs is 5. The lowest BCUT2D eigenvalue weighted by Gasteiger charge is -2.61. The molecule has 0 bridgehead atoms. The highest BCUT2D eigenvalue weighted by Gasteiger charge is 2.62. The van der Waals surface area contributed by atoms with Gasteiger partial charge in [-0.2, -0.15) is 0 Å². The molecular formula is C19H30O3. The number of ketones is 1. The van der Waals surface area contributed by atoms with Crippen molar-refractivity contribution in [2.75, 3.05) is 0 Å². The van der Waals surface area contributed by atoms with Gasteiger partial charge in [0.1, 0.15) is 5.78 Å². The van der Waals surface area contributed by atoms with Crippen LogP contribution in [0.1, 0.15) is 65.2 Å². The molecule has 4 aliphatic carbocycles. The van der Waals surface area contributed by atoms with Crippen LogP contribution in [0.2, 0.25) is 0 Å². The number of hydrogen-bond donors (Lipinski definition) is 2. The maximum atomic E-state index is 12.4. The van der Waals surface area contributed by atoms with Gasteiger partial charge in [-0.05, 0) is 74.0 Å². The second-order valence-corrected chi connectivity index (χ2v) is 9.14. The molecule has 4 aliphatic rings. The Hall–Kier alpha value is -0.410. The van der Waals surface area contributed by atoms with Crippen LogP contribution in [-0.4, -0.2) is 28.2 Å². The maximum absolute atomic E-state index is 12.4. The Labute approximate surface area is 133 Å². The zero-order chi connectivity index (χ0) is 15.7. The second kappa shape index (κ2) is 4.80. The fourth-order valence-electron chi connectivity index (χ4n) is 6.97. The summed E-state index contributed by atoms with van der Waals surface area (Å²) in [6.45, 7) is 4.57. The molecule has 3 nitrogen and oxygen atoms in total. The summed E-state index contributed by atoms with van der Waals surface area (Å²) in [5.74, 6) is 2.13.